The van der Waals surface area contributed by atoms with Gasteiger partial charge in [0, 0.05) is 18.6 Å². The lowest BCUT2D eigenvalue weighted by Crippen LogP contribution is -2.49. The average molecular weight is 305 g/mol. The largest absolute Gasteiger partial charge is 0.494 e. The van der Waals surface area contributed by atoms with E-state index < -0.39 is 0 Å². The van der Waals surface area contributed by atoms with Crippen LogP contribution in [-0.2, 0) is 4.74 Å². The summed E-state index contributed by atoms with van der Waals surface area (Å²) in [6.45, 7) is 7.68. The second kappa shape index (κ2) is 6.88. The van der Waals surface area contributed by atoms with Gasteiger partial charge in [-0.05, 0) is 57.5 Å². The SMILES string of the molecule is CCCOc1ccc2c(c1)C(OCC)CC1(CCNCC1)O2. The zero-order chi connectivity index (χ0) is 15.4. The Kier molecular flexibility index (Phi) is 4.89. The van der Waals surface area contributed by atoms with E-state index in [1.807, 2.05) is 6.07 Å². The summed E-state index contributed by atoms with van der Waals surface area (Å²) in [4.78, 5) is 0. The van der Waals surface area contributed by atoms with Crippen LogP contribution in [-0.4, -0.2) is 31.9 Å². The van der Waals surface area contributed by atoms with Crippen LogP contribution in [0.15, 0.2) is 18.2 Å². The Morgan fingerprint density at radius 3 is 2.82 bits per heavy atom. The predicted octanol–water partition coefficient (Wildman–Crippen LogP) is 3.46. The maximum atomic E-state index is 6.42. The molecule has 2 aliphatic heterocycles. The Hall–Kier alpha value is -1.26. The molecule has 1 unspecified atom stereocenters. The van der Waals surface area contributed by atoms with Crippen LogP contribution in [0.4, 0.5) is 0 Å². The molecule has 1 atom stereocenters. The number of hydrogen-bond donors (Lipinski definition) is 1. The second-order valence-corrected chi connectivity index (χ2v) is 6.23. The van der Waals surface area contributed by atoms with Gasteiger partial charge in [-0.3, -0.25) is 0 Å². The number of piperidine rings is 1. The van der Waals surface area contributed by atoms with Crippen molar-refractivity contribution in [1.29, 1.82) is 0 Å². The molecule has 1 fully saturated rings. The third kappa shape index (κ3) is 3.23. The zero-order valence-electron chi connectivity index (χ0n) is 13.7. The smallest absolute Gasteiger partial charge is 0.126 e. The zero-order valence-corrected chi connectivity index (χ0v) is 13.7. The number of nitrogens with one attached hydrogen (secondary N) is 1. The quantitative estimate of drug-likeness (QED) is 0.904. The van der Waals surface area contributed by atoms with E-state index in [1.54, 1.807) is 0 Å². The van der Waals surface area contributed by atoms with Crippen LogP contribution in [0.1, 0.15) is 51.2 Å². The van der Waals surface area contributed by atoms with Crippen LogP contribution in [0.3, 0.4) is 0 Å². The summed E-state index contributed by atoms with van der Waals surface area (Å²) in [6.07, 6.45) is 4.15. The van der Waals surface area contributed by atoms with Gasteiger partial charge in [0.05, 0.1) is 12.7 Å². The van der Waals surface area contributed by atoms with Crippen LogP contribution in [0.25, 0.3) is 0 Å². The second-order valence-electron chi connectivity index (χ2n) is 6.23. The first kappa shape index (κ1) is 15.6. The average Bonchev–Trinajstić information content (AvgIpc) is 2.54. The summed E-state index contributed by atoms with van der Waals surface area (Å²) in [7, 11) is 0. The first-order valence-corrected chi connectivity index (χ1v) is 8.54. The van der Waals surface area contributed by atoms with Crippen LogP contribution < -0.4 is 14.8 Å². The van der Waals surface area contributed by atoms with Gasteiger partial charge in [-0.1, -0.05) is 6.92 Å². The molecule has 4 nitrogen and oxygen atoms in total. The van der Waals surface area contributed by atoms with Gasteiger partial charge in [-0.25, -0.2) is 0 Å². The third-order valence-electron chi connectivity index (χ3n) is 4.57. The van der Waals surface area contributed by atoms with Crippen molar-refractivity contribution in [3.63, 3.8) is 0 Å². The first-order chi connectivity index (χ1) is 10.8. The van der Waals surface area contributed by atoms with Crippen LogP contribution in [0, 0.1) is 0 Å². The molecule has 1 spiro atoms. The third-order valence-corrected chi connectivity index (χ3v) is 4.57. The lowest BCUT2D eigenvalue weighted by atomic mass is 9.82. The Balaban J connectivity index is 1.86. The fourth-order valence-electron chi connectivity index (χ4n) is 3.44. The van der Waals surface area contributed by atoms with Crippen molar-refractivity contribution >= 4 is 0 Å². The van der Waals surface area contributed by atoms with E-state index in [0.717, 1.165) is 69.0 Å². The molecule has 3 rings (SSSR count). The summed E-state index contributed by atoms with van der Waals surface area (Å²) in [5.74, 6) is 1.88. The number of rotatable bonds is 5. The molecule has 0 bridgehead atoms. The molecular formula is C18H27NO3. The Bertz CT molecular complexity index is 497. The van der Waals surface area contributed by atoms with Gasteiger partial charge in [0.2, 0.25) is 0 Å². The maximum absolute atomic E-state index is 6.42. The summed E-state index contributed by atoms with van der Waals surface area (Å²) in [5, 5.41) is 3.42. The van der Waals surface area contributed by atoms with E-state index in [9.17, 15) is 0 Å². The molecule has 122 valence electrons. The molecule has 0 aromatic heterocycles. The van der Waals surface area contributed by atoms with Crippen molar-refractivity contribution in [2.24, 2.45) is 0 Å². The highest BCUT2D eigenvalue weighted by Gasteiger charge is 2.42. The van der Waals surface area contributed by atoms with Gasteiger partial charge in [-0.2, -0.15) is 0 Å². The van der Waals surface area contributed by atoms with E-state index in [4.69, 9.17) is 14.2 Å². The highest BCUT2D eigenvalue weighted by Crippen LogP contribution is 2.46. The van der Waals surface area contributed by atoms with Crippen molar-refractivity contribution in [1.82, 2.24) is 5.32 Å². The highest BCUT2D eigenvalue weighted by molar-refractivity contribution is 5.44. The monoisotopic (exact) mass is 305 g/mol. The van der Waals surface area contributed by atoms with Gasteiger partial charge in [0.1, 0.15) is 17.1 Å². The predicted molar refractivity (Wildman–Crippen MR) is 86.7 cm³/mol. The van der Waals surface area contributed by atoms with Crippen LogP contribution in [0.2, 0.25) is 0 Å². The van der Waals surface area contributed by atoms with E-state index >= 15 is 0 Å². The minimum atomic E-state index is -0.0656. The van der Waals surface area contributed by atoms with Crippen LogP contribution in [0.5, 0.6) is 11.5 Å². The molecule has 2 aliphatic rings. The van der Waals surface area contributed by atoms with E-state index in [2.05, 4.69) is 31.3 Å². The fraction of sp³-hybridized carbons (Fsp3) is 0.667. The maximum Gasteiger partial charge on any atom is 0.126 e. The van der Waals surface area contributed by atoms with Crippen molar-refractivity contribution < 1.29 is 14.2 Å². The van der Waals surface area contributed by atoms with Crippen molar-refractivity contribution in [3.05, 3.63) is 23.8 Å². The Morgan fingerprint density at radius 2 is 2.09 bits per heavy atom. The van der Waals surface area contributed by atoms with Gasteiger partial charge in [0.25, 0.3) is 0 Å². The van der Waals surface area contributed by atoms with Gasteiger partial charge in [0.15, 0.2) is 0 Å². The molecule has 0 radical (unpaired) electrons. The Labute approximate surface area is 133 Å². The number of fused-ring (bicyclic) bond motifs is 1. The van der Waals surface area contributed by atoms with E-state index in [0.29, 0.717) is 0 Å². The number of hydrogen-bond acceptors (Lipinski definition) is 4. The van der Waals surface area contributed by atoms with Crippen molar-refractivity contribution in [2.75, 3.05) is 26.3 Å². The molecule has 1 N–H and O–H groups in total. The minimum Gasteiger partial charge on any atom is -0.494 e. The topological polar surface area (TPSA) is 39.7 Å². The summed E-state index contributed by atoms with van der Waals surface area (Å²) < 4.78 is 18.2. The normalized spacial score (nSPS) is 22.9. The summed E-state index contributed by atoms with van der Waals surface area (Å²) in [6, 6.07) is 6.16. The Morgan fingerprint density at radius 1 is 1.27 bits per heavy atom. The number of ether oxygens (including phenoxy) is 3. The van der Waals surface area contributed by atoms with Gasteiger partial charge in [-0.15, -0.1) is 0 Å². The highest BCUT2D eigenvalue weighted by atomic mass is 16.5. The summed E-state index contributed by atoms with van der Waals surface area (Å²) in [5.41, 5.74) is 1.07. The first-order valence-electron chi connectivity index (χ1n) is 8.54. The van der Waals surface area contributed by atoms with Crippen LogP contribution >= 0.6 is 0 Å². The van der Waals surface area contributed by atoms with Gasteiger partial charge >= 0.3 is 0 Å². The molecule has 2 heterocycles. The van der Waals surface area contributed by atoms with E-state index in [-0.39, 0.29) is 11.7 Å². The minimum absolute atomic E-state index is 0.0656. The number of benzene rings is 1. The molecule has 22 heavy (non-hydrogen) atoms. The standard InChI is InChI=1S/C18H27NO3/c1-3-11-21-14-5-6-16-15(12-14)17(20-4-2)13-18(22-16)7-9-19-10-8-18/h5-6,12,17,19H,3-4,7-11,13H2,1-2H3. The van der Waals surface area contributed by atoms with Gasteiger partial charge < -0.3 is 19.5 Å². The lowest BCUT2D eigenvalue weighted by Gasteiger charge is -2.44. The molecule has 1 saturated heterocycles. The molecular weight excluding hydrogens is 278 g/mol. The fourth-order valence-corrected chi connectivity index (χ4v) is 3.44. The molecule has 0 aliphatic carbocycles. The summed E-state index contributed by atoms with van der Waals surface area (Å²) >= 11 is 0. The van der Waals surface area contributed by atoms with Crippen molar-refractivity contribution in [3.8, 4) is 11.5 Å². The molecule has 0 amide bonds. The van der Waals surface area contributed by atoms with E-state index in [1.165, 1.54) is 0 Å². The molecule has 4 heteroatoms. The lowest BCUT2D eigenvalue weighted by molar-refractivity contribution is -0.0590. The van der Waals surface area contributed by atoms with Crippen molar-refractivity contribution in [2.45, 2.75) is 51.2 Å². The molecule has 1 aromatic rings. The molecule has 0 saturated carbocycles. The molecule has 1 aromatic carbocycles.